The molecule has 3 aliphatic rings. The van der Waals surface area contributed by atoms with E-state index in [0.717, 1.165) is 0 Å². The summed E-state index contributed by atoms with van der Waals surface area (Å²) in [4.78, 5) is 23.9. The van der Waals surface area contributed by atoms with E-state index >= 15 is 0 Å². The van der Waals surface area contributed by atoms with E-state index in [1.54, 1.807) is 6.92 Å². The number of esters is 1. The first-order valence-electron chi connectivity index (χ1n) is 6.84. The highest BCUT2D eigenvalue weighted by Gasteiger charge is 2.57. The predicted octanol–water partition coefficient (Wildman–Crippen LogP) is 0.363. The van der Waals surface area contributed by atoms with Crippen LogP contribution in [0.15, 0.2) is 23.8 Å². The van der Waals surface area contributed by atoms with Gasteiger partial charge in [0.15, 0.2) is 5.78 Å². The highest BCUT2D eigenvalue weighted by atomic mass is 16.6. The number of hydrogen-bond acceptors (Lipinski definition) is 5. The molecule has 2 fully saturated rings. The van der Waals surface area contributed by atoms with E-state index in [-0.39, 0.29) is 18.3 Å². The van der Waals surface area contributed by atoms with Crippen molar-refractivity contribution in [3.8, 4) is 0 Å². The van der Waals surface area contributed by atoms with Crippen molar-refractivity contribution in [3.63, 3.8) is 0 Å². The third-order valence-electron chi connectivity index (χ3n) is 4.94. The van der Waals surface area contributed by atoms with E-state index in [2.05, 4.69) is 6.58 Å². The molecule has 108 valence electrons. The maximum Gasteiger partial charge on any atom is 0.334 e. The molecule has 5 heteroatoms. The predicted molar refractivity (Wildman–Crippen MR) is 69.5 cm³/mol. The molecule has 0 amide bonds. The van der Waals surface area contributed by atoms with Gasteiger partial charge < -0.3 is 14.9 Å². The van der Waals surface area contributed by atoms with E-state index in [1.807, 2.05) is 0 Å². The summed E-state index contributed by atoms with van der Waals surface area (Å²) in [5.74, 6) is -1.92. The molecule has 0 radical (unpaired) electrons. The molecule has 5 nitrogen and oxygen atoms in total. The zero-order chi connectivity index (χ0) is 14.7. The lowest BCUT2D eigenvalue weighted by molar-refractivity contribution is -0.145. The van der Waals surface area contributed by atoms with Gasteiger partial charge in [-0.2, -0.15) is 0 Å². The number of ketones is 1. The summed E-state index contributed by atoms with van der Waals surface area (Å²) >= 11 is 0. The Hall–Kier alpha value is -1.46. The smallest absolute Gasteiger partial charge is 0.334 e. The van der Waals surface area contributed by atoms with Crippen LogP contribution < -0.4 is 0 Å². The maximum absolute atomic E-state index is 12.2. The zero-order valence-electron chi connectivity index (χ0n) is 11.3. The molecule has 0 aromatic rings. The van der Waals surface area contributed by atoms with Gasteiger partial charge in [-0.1, -0.05) is 6.58 Å². The average molecular weight is 278 g/mol. The standard InChI is InChI=1S/C15H18O5/c1-7-9-3-4-15(2,19)12-10(17)5-8(6-16)11(12)13(9)20-14(7)18/h5,9,11-13,16,19H,1,3-4,6H2,2H3. The number of carbonyl (C=O) groups excluding carboxylic acids is 2. The van der Waals surface area contributed by atoms with Crippen molar-refractivity contribution in [2.45, 2.75) is 31.5 Å². The monoisotopic (exact) mass is 278 g/mol. The summed E-state index contributed by atoms with van der Waals surface area (Å²) in [5.41, 5.74) is -0.214. The van der Waals surface area contributed by atoms with Crippen LogP contribution in [0.5, 0.6) is 0 Å². The van der Waals surface area contributed by atoms with Crippen LogP contribution in [-0.2, 0) is 14.3 Å². The molecule has 5 unspecified atom stereocenters. The number of aliphatic hydroxyl groups is 2. The van der Waals surface area contributed by atoms with Gasteiger partial charge in [-0.15, -0.1) is 0 Å². The molecule has 1 aliphatic heterocycles. The van der Waals surface area contributed by atoms with E-state index in [1.165, 1.54) is 6.08 Å². The molecule has 2 aliphatic carbocycles. The van der Waals surface area contributed by atoms with Gasteiger partial charge >= 0.3 is 5.97 Å². The van der Waals surface area contributed by atoms with Crippen molar-refractivity contribution in [2.75, 3.05) is 6.61 Å². The van der Waals surface area contributed by atoms with Crippen molar-refractivity contribution in [1.29, 1.82) is 0 Å². The highest BCUT2D eigenvalue weighted by molar-refractivity contribution is 5.97. The van der Waals surface area contributed by atoms with Gasteiger partial charge in [0, 0.05) is 17.4 Å². The summed E-state index contributed by atoms with van der Waals surface area (Å²) in [7, 11) is 0. The largest absolute Gasteiger partial charge is 0.458 e. The maximum atomic E-state index is 12.2. The van der Waals surface area contributed by atoms with Crippen molar-refractivity contribution in [3.05, 3.63) is 23.8 Å². The lowest BCUT2D eigenvalue weighted by Crippen LogP contribution is -2.43. The Morgan fingerprint density at radius 2 is 2.20 bits per heavy atom. The van der Waals surface area contributed by atoms with Crippen molar-refractivity contribution >= 4 is 11.8 Å². The molecular weight excluding hydrogens is 260 g/mol. The number of rotatable bonds is 1. The van der Waals surface area contributed by atoms with Gasteiger partial charge in [0.2, 0.25) is 0 Å². The average Bonchev–Trinajstić information content (AvgIpc) is 2.82. The Bertz CT molecular complexity index is 530. The zero-order valence-corrected chi connectivity index (χ0v) is 11.3. The third-order valence-corrected chi connectivity index (χ3v) is 4.94. The van der Waals surface area contributed by atoms with Crippen LogP contribution >= 0.6 is 0 Å². The summed E-state index contributed by atoms with van der Waals surface area (Å²) in [5, 5.41) is 20.1. The first kappa shape index (κ1) is 13.5. The highest BCUT2D eigenvalue weighted by Crippen LogP contribution is 2.50. The minimum Gasteiger partial charge on any atom is -0.458 e. The van der Waals surface area contributed by atoms with Crippen LogP contribution in [0.4, 0.5) is 0 Å². The number of allylic oxidation sites excluding steroid dienone is 1. The molecule has 2 N–H and O–H groups in total. The summed E-state index contributed by atoms with van der Waals surface area (Å²) in [6.07, 6.45) is 1.85. The second-order valence-electron chi connectivity index (χ2n) is 6.18. The second kappa shape index (κ2) is 4.27. The van der Waals surface area contributed by atoms with Gasteiger partial charge in [-0.05, 0) is 31.4 Å². The minimum absolute atomic E-state index is 0.190. The molecule has 3 rings (SSSR count). The molecule has 5 atom stereocenters. The fourth-order valence-corrected chi connectivity index (χ4v) is 3.90. The number of fused-ring (bicyclic) bond motifs is 3. The molecule has 1 saturated carbocycles. The van der Waals surface area contributed by atoms with Crippen molar-refractivity contribution in [2.24, 2.45) is 17.8 Å². The van der Waals surface area contributed by atoms with Crippen molar-refractivity contribution in [1.82, 2.24) is 0 Å². The molecule has 1 saturated heterocycles. The van der Waals surface area contributed by atoms with Gasteiger partial charge in [-0.3, -0.25) is 4.79 Å². The number of hydrogen-bond donors (Lipinski definition) is 2. The molecule has 1 heterocycles. The van der Waals surface area contributed by atoms with Crippen LogP contribution in [0.25, 0.3) is 0 Å². The lowest BCUT2D eigenvalue weighted by atomic mass is 9.76. The summed E-state index contributed by atoms with van der Waals surface area (Å²) < 4.78 is 5.39. The molecular formula is C15H18O5. The van der Waals surface area contributed by atoms with Crippen LogP contribution in [-0.4, -0.2) is 40.3 Å². The second-order valence-corrected chi connectivity index (χ2v) is 6.18. The van der Waals surface area contributed by atoms with Crippen LogP contribution in [0.1, 0.15) is 19.8 Å². The third kappa shape index (κ3) is 1.70. The normalized spacial score (nSPS) is 43.8. The first-order chi connectivity index (χ1) is 9.36. The van der Waals surface area contributed by atoms with E-state index in [4.69, 9.17) is 4.74 Å². The Labute approximate surface area is 116 Å². The van der Waals surface area contributed by atoms with Crippen LogP contribution in [0.2, 0.25) is 0 Å². The van der Waals surface area contributed by atoms with Gasteiger partial charge in [0.25, 0.3) is 0 Å². The summed E-state index contributed by atoms with van der Waals surface area (Å²) in [6, 6.07) is 0. The SMILES string of the molecule is C=C1C(=O)OC2C1CCC(C)(O)C1C(=O)C=C(CO)C21. The Kier molecular flexibility index (Phi) is 2.88. The Morgan fingerprint density at radius 1 is 1.50 bits per heavy atom. The van der Waals surface area contributed by atoms with Crippen molar-refractivity contribution < 1.29 is 24.5 Å². The Balaban J connectivity index is 2.07. The molecule has 0 aromatic carbocycles. The van der Waals surface area contributed by atoms with E-state index in [0.29, 0.717) is 24.0 Å². The van der Waals surface area contributed by atoms with E-state index in [9.17, 15) is 19.8 Å². The fraction of sp³-hybridized carbons (Fsp3) is 0.600. The van der Waals surface area contributed by atoms with Gasteiger partial charge in [-0.25, -0.2) is 4.79 Å². The summed E-state index contributed by atoms with van der Waals surface area (Å²) in [6.45, 7) is 5.14. The van der Waals surface area contributed by atoms with Gasteiger partial charge in [0.1, 0.15) is 6.10 Å². The minimum atomic E-state index is -1.16. The van der Waals surface area contributed by atoms with Crippen LogP contribution in [0.3, 0.4) is 0 Å². The fourth-order valence-electron chi connectivity index (χ4n) is 3.90. The molecule has 0 spiro atoms. The number of carbonyl (C=O) groups is 2. The van der Waals surface area contributed by atoms with E-state index < -0.39 is 29.5 Å². The Morgan fingerprint density at radius 3 is 2.85 bits per heavy atom. The first-order valence-corrected chi connectivity index (χ1v) is 6.84. The van der Waals surface area contributed by atoms with Gasteiger partial charge in [0.05, 0.1) is 18.1 Å². The lowest BCUT2D eigenvalue weighted by Gasteiger charge is -2.33. The van der Waals surface area contributed by atoms with Crippen LogP contribution in [0, 0.1) is 17.8 Å². The number of aliphatic hydroxyl groups excluding tert-OH is 1. The molecule has 0 aromatic heterocycles. The number of ether oxygens (including phenoxy) is 1. The molecule has 20 heavy (non-hydrogen) atoms. The quantitative estimate of drug-likeness (QED) is 0.534. The molecule has 0 bridgehead atoms. The topological polar surface area (TPSA) is 83.8 Å².